The van der Waals surface area contributed by atoms with Crippen molar-refractivity contribution in [2.45, 2.75) is 56.6 Å². The number of carboxylic acid groups (broad SMARTS) is 1. The minimum Gasteiger partial charge on any atom is -0.480 e. The van der Waals surface area contributed by atoms with Crippen molar-refractivity contribution in [1.82, 2.24) is 4.90 Å². The molecule has 1 amide bonds. The Morgan fingerprint density at radius 2 is 1.96 bits per heavy atom. The summed E-state index contributed by atoms with van der Waals surface area (Å²) in [5.74, 6) is 0.0162. The fourth-order valence-electron chi connectivity index (χ4n) is 3.15. The summed E-state index contributed by atoms with van der Waals surface area (Å²) in [7, 11) is 0. The minimum atomic E-state index is -0.909. The molecule has 0 spiro atoms. The molecule has 0 aliphatic carbocycles. The molecule has 0 aromatic heterocycles. The van der Waals surface area contributed by atoms with E-state index >= 15 is 0 Å². The molecule has 0 saturated carbocycles. The van der Waals surface area contributed by atoms with Crippen molar-refractivity contribution in [3.63, 3.8) is 0 Å². The lowest BCUT2D eigenvalue weighted by atomic mass is 10.1. The fourth-order valence-corrected chi connectivity index (χ4v) is 4.52. The zero-order valence-electron chi connectivity index (χ0n) is 15.6. The molecule has 3 atom stereocenters. The minimum absolute atomic E-state index is 0.101. The Morgan fingerprint density at radius 3 is 2.54 bits per heavy atom. The Labute approximate surface area is 166 Å². The van der Waals surface area contributed by atoms with E-state index in [1.54, 1.807) is 18.7 Å². The summed E-state index contributed by atoms with van der Waals surface area (Å²) in [4.78, 5) is 25.5. The molecule has 6 heteroatoms. The number of carboxylic acids is 1. The van der Waals surface area contributed by atoms with Gasteiger partial charge < -0.3 is 10.0 Å². The van der Waals surface area contributed by atoms with Crippen molar-refractivity contribution in [2.75, 3.05) is 12.3 Å². The summed E-state index contributed by atoms with van der Waals surface area (Å²) in [5, 5.41) is 9.63. The molecular formula is C20H29NO3S2. The molecule has 1 aliphatic heterocycles. The van der Waals surface area contributed by atoms with Crippen LogP contribution in [0.2, 0.25) is 0 Å². The molecule has 0 unspecified atom stereocenters. The maximum atomic E-state index is 12.4. The molecule has 0 bridgehead atoms. The van der Waals surface area contributed by atoms with Gasteiger partial charge in [0.05, 0.1) is 0 Å². The van der Waals surface area contributed by atoms with Gasteiger partial charge in [0.25, 0.3) is 0 Å². The third-order valence-corrected chi connectivity index (χ3v) is 6.71. The Bertz CT molecular complexity index is 606. The van der Waals surface area contributed by atoms with Gasteiger partial charge in [0.1, 0.15) is 6.04 Å². The Balaban J connectivity index is 1.91. The number of carbonyl (C=O) groups excluding carboxylic acids is 1. The van der Waals surface area contributed by atoms with Crippen LogP contribution < -0.4 is 0 Å². The normalized spacial score (nSPS) is 21.0. The van der Waals surface area contributed by atoms with Crippen LogP contribution in [-0.2, 0) is 21.8 Å². The number of hydrogen-bond donors (Lipinski definition) is 2. The van der Waals surface area contributed by atoms with E-state index in [2.05, 4.69) is 43.8 Å². The standard InChI is InChI=1S/C20H29NO3S2/c1-3-4-5-15-6-8-16(9-7-15)13-26-17-10-18(20(23)24)21(11-17)19(22)14(2)12-25/h6-9,14,17-18,25H,3-5,10-13H2,1-2H3,(H,23,24)/t14-,17+,18+/m1/s1. The van der Waals surface area contributed by atoms with Crippen molar-refractivity contribution in [2.24, 2.45) is 5.92 Å². The zero-order chi connectivity index (χ0) is 19.1. The first-order chi connectivity index (χ1) is 12.5. The van der Waals surface area contributed by atoms with E-state index in [1.807, 2.05) is 0 Å². The fraction of sp³-hybridized carbons (Fsp3) is 0.600. The highest BCUT2D eigenvalue weighted by Crippen LogP contribution is 2.31. The molecule has 1 N–H and O–H groups in total. The van der Waals surface area contributed by atoms with Crippen LogP contribution in [0.25, 0.3) is 0 Å². The van der Waals surface area contributed by atoms with Gasteiger partial charge in [0.15, 0.2) is 0 Å². The second kappa shape index (κ2) is 10.3. The van der Waals surface area contributed by atoms with Crippen LogP contribution >= 0.6 is 24.4 Å². The van der Waals surface area contributed by atoms with Crippen LogP contribution in [0.3, 0.4) is 0 Å². The Kier molecular flexibility index (Phi) is 8.35. The number of rotatable bonds is 9. The summed E-state index contributed by atoms with van der Waals surface area (Å²) in [6.45, 7) is 4.50. The number of aliphatic carboxylic acids is 1. The number of benzene rings is 1. The predicted octanol–water partition coefficient (Wildman–Crippen LogP) is 3.88. The summed E-state index contributed by atoms with van der Waals surface area (Å²) in [6, 6.07) is 7.98. The molecule has 1 aliphatic rings. The van der Waals surface area contributed by atoms with Gasteiger partial charge in [-0.05, 0) is 30.4 Å². The first kappa shape index (κ1) is 21.2. The second-order valence-electron chi connectivity index (χ2n) is 7.02. The van der Waals surface area contributed by atoms with E-state index in [9.17, 15) is 14.7 Å². The lowest BCUT2D eigenvalue weighted by molar-refractivity contribution is -0.149. The van der Waals surface area contributed by atoms with E-state index in [0.717, 1.165) is 12.2 Å². The summed E-state index contributed by atoms with van der Waals surface area (Å²) >= 11 is 5.92. The van der Waals surface area contributed by atoms with Crippen LogP contribution in [0.5, 0.6) is 0 Å². The van der Waals surface area contributed by atoms with E-state index in [0.29, 0.717) is 18.7 Å². The van der Waals surface area contributed by atoms with Gasteiger partial charge in [-0.15, -0.1) is 0 Å². The third kappa shape index (κ3) is 5.68. The molecular weight excluding hydrogens is 366 g/mol. The lowest BCUT2D eigenvalue weighted by Crippen LogP contribution is -2.43. The number of unbranched alkanes of at least 4 members (excludes halogenated alkanes) is 1. The number of thiol groups is 1. The predicted molar refractivity (Wildman–Crippen MR) is 111 cm³/mol. The Morgan fingerprint density at radius 1 is 1.31 bits per heavy atom. The van der Waals surface area contributed by atoms with Crippen LogP contribution in [0, 0.1) is 5.92 Å². The number of nitrogens with zero attached hydrogens (tertiary/aromatic N) is 1. The molecule has 4 nitrogen and oxygen atoms in total. The second-order valence-corrected chi connectivity index (χ2v) is 8.67. The average Bonchev–Trinajstić information content (AvgIpc) is 3.08. The van der Waals surface area contributed by atoms with E-state index in [1.165, 1.54) is 28.9 Å². The van der Waals surface area contributed by atoms with Crippen LogP contribution in [0.1, 0.15) is 44.2 Å². The topological polar surface area (TPSA) is 57.6 Å². The number of amides is 1. The average molecular weight is 396 g/mol. The Hall–Kier alpha value is -1.14. The number of carbonyl (C=O) groups is 2. The number of thioether (sulfide) groups is 1. The number of likely N-dealkylation sites (tertiary alicyclic amines) is 1. The van der Waals surface area contributed by atoms with Crippen molar-refractivity contribution in [3.05, 3.63) is 35.4 Å². The summed E-state index contributed by atoms with van der Waals surface area (Å²) in [6.07, 6.45) is 4.04. The van der Waals surface area contributed by atoms with Crippen LogP contribution in [0.15, 0.2) is 24.3 Å². The molecule has 1 saturated heterocycles. The molecule has 2 rings (SSSR count). The van der Waals surface area contributed by atoms with E-state index in [-0.39, 0.29) is 17.1 Å². The van der Waals surface area contributed by atoms with Crippen LogP contribution in [-0.4, -0.2) is 45.5 Å². The van der Waals surface area contributed by atoms with Crippen molar-refractivity contribution in [3.8, 4) is 0 Å². The zero-order valence-corrected chi connectivity index (χ0v) is 17.3. The van der Waals surface area contributed by atoms with Gasteiger partial charge in [-0.3, -0.25) is 4.79 Å². The highest BCUT2D eigenvalue weighted by molar-refractivity contribution is 7.99. The monoisotopic (exact) mass is 395 g/mol. The summed E-state index contributed by atoms with van der Waals surface area (Å²) < 4.78 is 0. The lowest BCUT2D eigenvalue weighted by Gasteiger charge is -2.24. The molecule has 1 fully saturated rings. The van der Waals surface area contributed by atoms with Gasteiger partial charge in [-0.2, -0.15) is 24.4 Å². The van der Waals surface area contributed by atoms with Gasteiger partial charge in [0.2, 0.25) is 5.91 Å². The highest BCUT2D eigenvalue weighted by Gasteiger charge is 2.40. The highest BCUT2D eigenvalue weighted by atomic mass is 32.2. The summed E-state index contributed by atoms with van der Waals surface area (Å²) in [5.41, 5.74) is 2.61. The van der Waals surface area contributed by atoms with Gasteiger partial charge in [-0.1, -0.05) is 44.5 Å². The quantitative estimate of drug-likeness (QED) is 0.623. The molecule has 26 heavy (non-hydrogen) atoms. The first-order valence-electron chi connectivity index (χ1n) is 9.29. The molecule has 1 aromatic carbocycles. The smallest absolute Gasteiger partial charge is 0.326 e. The van der Waals surface area contributed by atoms with Gasteiger partial charge >= 0.3 is 5.97 Å². The maximum Gasteiger partial charge on any atom is 0.326 e. The van der Waals surface area contributed by atoms with E-state index < -0.39 is 12.0 Å². The molecule has 1 aromatic rings. The SMILES string of the molecule is CCCCc1ccc(CS[C@H]2C[C@@H](C(=O)O)N(C(=O)[C@H](C)CS)C2)cc1. The third-order valence-electron chi connectivity index (χ3n) is 4.85. The van der Waals surface area contributed by atoms with Crippen molar-refractivity contribution < 1.29 is 14.7 Å². The molecule has 1 heterocycles. The molecule has 0 radical (unpaired) electrons. The van der Waals surface area contributed by atoms with Gasteiger partial charge in [0, 0.05) is 29.2 Å². The first-order valence-corrected chi connectivity index (χ1v) is 11.0. The van der Waals surface area contributed by atoms with E-state index in [4.69, 9.17) is 0 Å². The van der Waals surface area contributed by atoms with Crippen molar-refractivity contribution in [1.29, 1.82) is 0 Å². The number of aryl methyl sites for hydroxylation is 1. The van der Waals surface area contributed by atoms with Crippen LogP contribution in [0.4, 0.5) is 0 Å². The van der Waals surface area contributed by atoms with Gasteiger partial charge in [-0.25, -0.2) is 4.79 Å². The molecule has 144 valence electrons. The maximum absolute atomic E-state index is 12.4. The van der Waals surface area contributed by atoms with Crippen molar-refractivity contribution >= 4 is 36.3 Å². The largest absolute Gasteiger partial charge is 0.480 e. The number of hydrogen-bond acceptors (Lipinski definition) is 4.